The summed E-state index contributed by atoms with van der Waals surface area (Å²) in [5, 5.41) is 20.8. The number of halogens is 1. The number of nitrogens with one attached hydrogen (secondary N) is 1. The Bertz CT molecular complexity index is 736. The summed E-state index contributed by atoms with van der Waals surface area (Å²) >= 11 is 0. The van der Waals surface area contributed by atoms with Crippen molar-refractivity contribution in [2.45, 2.75) is 13.5 Å². The quantitative estimate of drug-likeness (QED) is 0.903. The monoisotopic (exact) mass is 284 g/mol. The van der Waals surface area contributed by atoms with Gasteiger partial charge in [0, 0.05) is 12.2 Å². The standard InChI is InChI=1S/C16H13FN2O2/c1-10-6-12(16(20)21)3-5-15(10)19-9-11-2-4-14(17)13(7-11)8-18/h2-7,19H,9H2,1H3,(H,20,21). The third-order valence-corrected chi connectivity index (χ3v) is 3.11. The third kappa shape index (κ3) is 3.37. The van der Waals surface area contributed by atoms with Gasteiger partial charge in [-0.1, -0.05) is 6.07 Å². The Labute approximate surface area is 121 Å². The summed E-state index contributed by atoms with van der Waals surface area (Å²) in [6.45, 7) is 2.22. The van der Waals surface area contributed by atoms with Crippen LogP contribution in [0.25, 0.3) is 0 Å². The van der Waals surface area contributed by atoms with Crippen molar-refractivity contribution in [3.05, 3.63) is 64.5 Å². The van der Waals surface area contributed by atoms with E-state index in [0.29, 0.717) is 6.54 Å². The first-order chi connectivity index (χ1) is 10.0. The molecule has 0 fully saturated rings. The Morgan fingerprint density at radius 2 is 2.10 bits per heavy atom. The number of hydrogen-bond acceptors (Lipinski definition) is 3. The maximum atomic E-state index is 13.2. The molecule has 2 aromatic carbocycles. The van der Waals surface area contributed by atoms with Gasteiger partial charge < -0.3 is 10.4 Å². The smallest absolute Gasteiger partial charge is 0.335 e. The van der Waals surface area contributed by atoms with Crippen LogP contribution < -0.4 is 5.32 Å². The zero-order valence-electron chi connectivity index (χ0n) is 11.4. The number of carboxylic acids is 1. The summed E-state index contributed by atoms with van der Waals surface area (Å²) in [7, 11) is 0. The average molecular weight is 284 g/mol. The number of aryl methyl sites for hydroxylation is 1. The number of aromatic carboxylic acids is 1. The highest BCUT2D eigenvalue weighted by atomic mass is 19.1. The molecule has 0 unspecified atom stereocenters. The van der Waals surface area contributed by atoms with Gasteiger partial charge in [0.15, 0.2) is 0 Å². The Morgan fingerprint density at radius 3 is 2.71 bits per heavy atom. The lowest BCUT2D eigenvalue weighted by Crippen LogP contribution is -2.03. The van der Waals surface area contributed by atoms with E-state index >= 15 is 0 Å². The second-order valence-corrected chi connectivity index (χ2v) is 4.61. The van der Waals surface area contributed by atoms with Crippen molar-refractivity contribution in [3.8, 4) is 6.07 Å². The minimum Gasteiger partial charge on any atom is -0.478 e. The summed E-state index contributed by atoms with van der Waals surface area (Å²) in [4.78, 5) is 10.9. The van der Waals surface area contributed by atoms with Crippen LogP contribution in [0.3, 0.4) is 0 Å². The lowest BCUT2D eigenvalue weighted by atomic mass is 10.1. The molecule has 0 aliphatic heterocycles. The first kappa shape index (κ1) is 14.5. The summed E-state index contributed by atoms with van der Waals surface area (Å²) in [5.74, 6) is -1.51. The van der Waals surface area contributed by atoms with Gasteiger partial charge in [-0.25, -0.2) is 9.18 Å². The number of carboxylic acid groups (broad SMARTS) is 1. The van der Waals surface area contributed by atoms with Gasteiger partial charge >= 0.3 is 5.97 Å². The summed E-state index contributed by atoms with van der Waals surface area (Å²) in [6.07, 6.45) is 0. The molecule has 0 amide bonds. The van der Waals surface area contributed by atoms with Gasteiger partial charge in [0.05, 0.1) is 11.1 Å². The van der Waals surface area contributed by atoms with Gasteiger partial charge in [-0.15, -0.1) is 0 Å². The number of rotatable bonds is 4. The SMILES string of the molecule is Cc1cc(C(=O)O)ccc1NCc1ccc(F)c(C#N)c1. The predicted octanol–water partition coefficient (Wildman–Crippen LogP) is 3.32. The number of nitriles is 1. The van der Waals surface area contributed by atoms with Crippen molar-refractivity contribution in [1.29, 1.82) is 5.26 Å². The topological polar surface area (TPSA) is 73.1 Å². The Balaban J connectivity index is 2.13. The molecular weight excluding hydrogens is 271 g/mol. The van der Waals surface area contributed by atoms with E-state index in [-0.39, 0.29) is 11.1 Å². The first-order valence-corrected chi connectivity index (χ1v) is 6.27. The van der Waals surface area contributed by atoms with E-state index in [2.05, 4.69) is 5.32 Å². The van der Waals surface area contributed by atoms with E-state index in [9.17, 15) is 9.18 Å². The lowest BCUT2D eigenvalue weighted by Gasteiger charge is -2.10. The van der Waals surface area contributed by atoms with E-state index in [1.54, 1.807) is 31.2 Å². The molecule has 21 heavy (non-hydrogen) atoms. The summed E-state index contributed by atoms with van der Waals surface area (Å²) in [6, 6.07) is 10.9. The Hall–Kier alpha value is -2.87. The lowest BCUT2D eigenvalue weighted by molar-refractivity contribution is 0.0697. The molecule has 0 aromatic heterocycles. The fourth-order valence-corrected chi connectivity index (χ4v) is 1.96. The average Bonchev–Trinajstić information content (AvgIpc) is 2.47. The third-order valence-electron chi connectivity index (χ3n) is 3.11. The van der Waals surface area contributed by atoms with Crippen molar-refractivity contribution in [2.75, 3.05) is 5.32 Å². The Kier molecular flexibility index (Phi) is 4.19. The molecule has 0 aliphatic carbocycles. The molecule has 0 atom stereocenters. The van der Waals surface area contributed by atoms with E-state index < -0.39 is 11.8 Å². The molecule has 5 heteroatoms. The van der Waals surface area contributed by atoms with Gasteiger partial charge in [0.1, 0.15) is 11.9 Å². The minimum atomic E-state index is -0.971. The molecule has 0 radical (unpaired) electrons. The normalized spacial score (nSPS) is 9.95. The molecule has 2 rings (SSSR count). The van der Waals surface area contributed by atoms with Gasteiger partial charge in [0.2, 0.25) is 0 Å². The van der Waals surface area contributed by atoms with Gasteiger partial charge in [-0.2, -0.15) is 5.26 Å². The highest BCUT2D eigenvalue weighted by molar-refractivity contribution is 5.88. The van der Waals surface area contributed by atoms with Crippen LogP contribution in [0.5, 0.6) is 0 Å². The molecule has 0 aliphatic rings. The second kappa shape index (κ2) is 6.06. The van der Waals surface area contributed by atoms with Crippen LogP contribution in [0.1, 0.15) is 27.0 Å². The molecule has 0 bridgehead atoms. The van der Waals surface area contributed by atoms with Crippen molar-refractivity contribution in [3.63, 3.8) is 0 Å². The predicted molar refractivity (Wildman–Crippen MR) is 76.6 cm³/mol. The van der Waals surface area contributed by atoms with Crippen LogP contribution in [0.2, 0.25) is 0 Å². The first-order valence-electron chi connectivity index (χ1n) is 6.27. The largest absolute Gasteiger partial charge is 0.478 e. The van der Waals surface area contributed by atoms with Crippen molar-refractivity contribution < 1.29 is 14.3 Å². The van der Waals surface area contributed by atoms with Crippen LogP contribution in [0.4, 0.5) is 10.1 Å². The highest BCUT2D eigenvalue weighted by Gasteiger charge is 2.06. The zero-order valence-corrected chi connectivity index (χ0v) is 11.4. The van der Waals surface area contributed by atoms with Crippen LogP contribution in [-0.4, -0.2) is 11.1 Å². The van der Waals surface area contributed by atoms with Crippen molar-refractivity contribution in [1.82, 2.24) is 0 Å². The highest BCUT2D eigenvalue weighted by Crippen LogP contribution is 2.18. The van der Waals surface area contributed by atoms with Gasteiger partial charge in [0.25, 0.3) is 0 Å². The molecule has 0 spiro atoms. The minimum absolute atomic E-state index is 0.00671. The number of hydrogen-bond donors (Lipinski definition) is 2. The van der Waals surface area contributed by atoms with E-state index in [4.69, 9.17) is 10.4 Å². The molecule has 0 saturated carbocycles. The van der Waals surface area contributed by atoms with Gasteiger partial charge in [-0.05, 0) is 48.4 Å². The molecule has 106 valence electrons. The maximum absolute atomic E-state index is 13.2. The van der Waals surface area contributed by atoms with Crippen molar-refractivity contribution >= 4 is 11.7 Å². The molecule has 2 N–H and O–H groups in total. The molecule has 0 saturated heterocycles. The summed E-state index contributed by atoms with van der Waals surface area (Å²) < 4.78 is 13.2. The summed E-state index contributed by atoms with van der Waals surface area (Å²) in [5.41, 5.74) is 2.61. The number of benzene rings is 2. The van der Waals surface area contributed by atoms with Crippen LogP contribution in [-0.2, 0) is 6.54 Å². The molecule has 0 heterocycles. The zero-order chi connectivity index (χ0) is 15.4. The molecular formula is C16H13FN2O2. The van der Waals surface area contributed by atoms with Crippen LogP contribution >= 0.6 is 0 Å². The number of nitrogens with zero attached hydrogens (tertiary/aromatic N) is 1. The maximum Gasteiger partial charge on any atom is 0.335 e. The number of anilines is 1. The number of carbonyl (C=O) groups is 1. The van der Waals surface area contributed by atoms with Crippen molar-refractivity contribution in [2.24, 2.45) is 0 Å². The van der Waals surface area contributed by atoms with E-state index in [1.165, 1.54) is 18.2 Å². The van der Waals surface area contributed by atoms with Gasteiger partial charge in [-0.3, -0.25) is 0 Å². The second-order valence-electron chi connectivity index (χ2n) is 4.61. The van der Waals surface area contributed by atoms with Crippen LogP contribution in [0, 0.1) is 24.1 Å². The fraction of sp³-hybridized carbons (Fsp3) is 0.125. The van der Waals surface area contributed by atoms with E-state index in [0.717, 1.165) is 16.8 Å². The molecule has 2 aromatic rings. The van der Waals surface area contributed by atoms with E-state index in [1.807, 2.05) is 0 Å². The molecule has 4 nitrogen and oxygen atoms in total. The van der Waals surface area contributed by atoms with Crippen LogP contribution in [0.15, 0.2) is 36.4 Å². The Morgan fingerprint density at radius 1 is 1.33 bits per heavy atom. The fourth-order valence-electron chi connectivity index (χ4n) is 1.96.